The van der Waals surface area contributed by atoms with Crippen LogP contribution in [0.4, 0.5) is 5.69 Å². The molecule has 10 heteroatoms. The Hall–Kier alpha value is -2.27. The van der Waals surface area contributed by atoms with E-state index >= 15 is 0 Å². The molecule has 0 fully saturated rings. The second-order valence-corrected chi connectivity index (χ2v) is 10.9. The molecule has 0 atom stereocenters. The Bertz CT molecular complexity index is 1140. The molecular formula is C21H29N3O5S2. The number of carbonyl (C=O) groups excluding carboxylic acids is 1. The van der Waals surface area contributed by atoms with E-state index in [0.717, 1.165) is 0 Å². The second-order valence-electron chi connectivity index (χ2n) is 7.32. The number of hydrogen-bond donors (Lipinski definition) is 2. The molecule has 0 unspecified atom stereocenters. The molecule has 2 aromatic rings. The number of carbonyl (C=O) groups is 1. The van der Waals surface area contributed by atoms with Gasteiger partial charge < -0.3 is 5.32 Å². The average Bonchev–Trinajstić information content (AvgIpc) is 2.69. The summed E-state index contributed by atoms with van der Waals surface area (Å²) in [5.74, 6) is -0.476. The van der Waals surface area contributed by atoms with Crippen LogP contribution in [0.15, 0.2) is 52.3 Å². The van der Waals surface area contributed by atoms with Crippen LogP contribution in [-0.2, 0) is 20.0 Å². The Morgan fingerprint density at radius 2 is 1.55 bits per heavy atom. The highest BCUT2D eigenvalue weighted by atomic mass is 32.2. The van der Waals surface area contributed by atoms with Crippen LogP contribution in [-0.4, -0.2) is 46.2 Å². The van der Waals surface area contributed by atoms with Gasteiger partial charge in [0.15, 0.2) is 0 Å². The molecule has 2 N–H and O–H groups in total. The van der Waals surface area contributed by atoms with Crippen LogP contribution in [0.5, 0.6) is 0 Å². The molecular weight excluding hydrogens is 438 g/mol. The first-order valence-electron chi connectivity index (χ1n) is 9.97. The van der Waals surface area contributed by atoms with Gasteiger partial charge in [-0.2, -0.15) is 4.31 Å². The first-order valence-corrected chi connectivity index (χ1v) is 12.9. The van der Waals surface area contributed by atoms with E-state index in [4.69, 9.17) is 0 Å². The van der Waals surface area contributed by atoms with E-state index in [1.807, 2.05) is 0 Å². The third-order valence-electron chi connectivity index (χ3n) is 4.59. The third kappa shape index (κ3) is 5.91. The Morgan fingerprint density at radius 1 is 0.968 bits per heavy atom. The van der Waals surface area contributed by atoms with Crippen LogP contribution in [0.2, 0.25) is 0 Å². The van der Waals surface area contributed by atoms with Crippen molar-refractivity contribution < 1.29 is 21.6 Å². The number of amides is 1. The summed E-state index contributed by atoms with van der Waals surface area (Å²) in [6, 6.07) is 9.97. The maximum absolute atomic E-state index is 12.9. The van der Waals surface area contributed by atoms with E-state index in [9.17, 15) is 21.6 Å². The van der Waals surface area contributed by atoms with E-state index in [0.29, 0.717) is 24.3 Å². The van der Waals surface area contributed by atoms with Crippen LogP contribution >= 0.6 is 0 Å². The normalized spacial score (nSPS) is 12.4. The first-order chi connectivity index (χ1) is 14.4. The predicted octanol–water partition coefficient (Wildman–Crippen LogP) is 2.96. The molecule has 1 amide bonds. The van der Waals surface area contributed by atoms with Gasteiger partial charge in [0.05, 0.1) is 9.79 Å². The fourth-order valence-electron chi connectivity index (χ4n) is 3.03. The highest BCUT2D eigenvalue weighted by molar-refractivity contribution is 7.89. The smallest absolute Gasteiger partial charge is 0.255 e. The molecule has 0 aliphatic heterocycles. The fourth-order valence-corrected chi connectivity index (χ4v) is 5.99. The lowest BCUT2D eigenvalue weighted by Crippen LogP contribution is -2.31. The number of benzene rings is 2. The van der Waals surface area contributed by atoms with Gasteiger partial charge in [-0.15, -0.1) is 0 Å². The quantitative estimate of drug-likeness (QED) is 0.589. The van der Waals surface area contributed by atoms with E-state index in [2.05, 4.69) is 10.0 Å². The monoisotopic (exact) mass is 467 g/mol. The molecule has 8 nitrogen and oxygen atoms in total. The lowest BCUT2D eigenvalue weighted by molar-refractivity contribution is 0.102. The zero-order valence-corrected chi connectivity index (χ0v) is 20.0. The molecule has 0 heterocycles. The average molecular weight is 468 g/mol. The Morgan fingerprint density at radius 3 is 2.06 bits per heavy atom. The summed E-state index contributed by atoms with van der Waals surface area (Å²) >= 11 is 0. The van der Waals surface area contributed by atoms with Gasteiger partial charge in [-0.1, -0.05) is 19.9 Å². The van der Waals surface area contributed by atoms with Crippen LogP contribution in [0.3, 0.4) is 0 Å². The van der Waals surface area contributed by atoms with E-state index < -0.39 is 26.0 Å². The number of hydrogen-bond acceptors (Lipinski definition) is 5. The van der Waals surface area contributed by atoms with E-state index in [-0.39, 0.29) is 21.4 Å². The molecule has 170 valence electrons. The lowest BCUT2D eigenvalue weighted by atomic mass is 10.2. The summed E-state index contributed by atoms with van der Waals surface area (Å²) < 4.78 is 54.0. The molecule has 0 aromatic heterocycles. The highest BCUT2D eigenvalue weighted by Gasteiger charge is 2.24. The zero-order valence-electron chi connectivity index (χ0n) is 18.3. The van der Waals surface area contributed by atoms with Gasteiger partial charge in [0, 0.05) is 30.4 Å². The van der Waals surface area contributed by atoms with Crippen molar-refractivity contribution >= 4 is 31.6 Å². The molecule has 31 heavy (non-hydrogen) atoms. The molecule has 0 saturated carbocycles. The molecule has 2 aromatic carbocycles. The van der Waals surface area contributed by atoms with Crippen molar-refractivity contribution in [2.24, 2.45) is 0 Å². The van der Waals surface area contributed by atoms with Gasteiger partial charge >= 0.3 is 0 Å². The van der Waals surface area contributed by atoms with Crippen molar-refractivity contribution in [3.63, 3.8) is 0 Å². The summed E-state index contributed by atoms with van der Waals surface area (Å²) in [6.07, 6.45) is 0. The van der Waals surface area contributed by atoms with Crippen molar-refractivity contribution in [2.45, 2.75) is 50.5 Å². The van der Waals surface area contributed by atoms with Gasteiger partial charge in [-0.25, -0.2) is 21.6 Å². The van der Waals surface area contributed by atoms with E-state index in [1.165, 1.54) is 34.6 Å². The SMILES string of the molecule is CCN(CC)S(=O)(=O)c1cc(NC(=O)c2ccc(S(=O)(=O)NC(C)C)cc2)ccc1C. The van der Waals surface area contributed by atoms with E-state index in [1.54, 1.807) is 46.8 Å². The molecule has 0 aliphatic rings. The molecule has 0 radical (unpaired) electrons. The number of nitrogens with zero attached hydrogens (tertiary/aromatic N) is 1. The van der Waals surface area contributed by atoms with Crippen molar-refractivity contribution in [3.05, 3.63) is 53.6 Å². The standard InChI is InChI=1S/C21H29N3O5S2/c1-6-24(7-2)31(28,29)20-14-18(11-8-16(20)5)22-21(25)17-9-12-19(13-10-17)30(26,27)23-15(3)4/h8-15,23H,6-7H2,1-5H3,(H,22,25). The van der Waals surface area contributed by atoms with Crippen LogP contribution in [0.25, 0.3) is 0 Å². The number of rotatable bonds is 9. The third-order valence-corrected chi connectivity index (χ3v) is 8.45. The summed E-state index contributed by atoms with van der Waals surface area (Å²) in [7, 11) is -7.33. The lowest BCUT2D eigenvalue weighted by Gasteiger charge is -2.20. The van der Waals surface area contributed by atoms with Gasteiger partial charge in [0.2, 0.25) is 20.0 Å². The molecule has 0 aliphatic carbocycles. The van der Waals surface area contributed by atoms with Crippen LogP contribution in [0.1, 0.15) is 43.6 Å². The number of nitrogens with one attached hydrogen (secondary N) is 2. The first kappa shape index (κ1) is 25.0. The molecule has 0 bridgehead atoms. The zero-order chi connectivity index (χ0) is 23.4. The number of aryl methyl sites for hydroxylation is 1. The Balaban J connectivity index is 2.27. The van der Waals surface area contributed by atoms with Gasteiger partial charge in [0.25, 0.3) is 5.91 Å². The van der Waals surface area contributed by atoms with Gasteiger partial charge in [-0.05, 0) is 62.7 Å². The van der Waals surface area contributed by atoms with Gasteiger partial charge in [-0.3, -0.25) is 4.79 Å². The van der Waals surface area contributed by atoms with Crippen molar-refractivity contribution in [1.29, 1.82) is 0 Å². The molecule has 0 saturated heterocycles. The summed E-state index contributed by atoms with van der Waals surface area (Å²) in [6.45, 7) is 9.36. The Kier molecular flexibility index (Phi) is 7.98. The second kappa shape index (κ2) is 9.90. The number of sulfonamides is 2. The van der Waals surface area contributed by atoms with Crippen LogP contribution in [0, 0.1) is 6.92 Å². The topological polar surface area (TPSA) is 113 Å². The van der Waals surface area contributed by atoms with Crippen molar-refractivity contribution in [3.8, 4) is 0 Å². The predicted molar refractivity (Wildman–Crippen MR) is 121 cm³/mol. The van der Waals surface area contributed by atoms with Crippen LogP contribution < -0.4 is 10.0 Å². The minimum absolute atomic E-state index is 0.0562. The summed E-state index contributed by atoms with van der Waals surface area (Å²) in [5, 5.41) is 2.68. The Labute approximate surface area is 184 Å². The number of anilines is 1. The molecule has 0 spiro atoms. The maximum Gasteiger partial charge on any atom is 0.255 e. The minimum Gasteiger partial charge on any atom is -0.322 e. The summed E-state index contributed by atoms with van der Waals surface area (Å²) in [4.78, 5) is 12.8. The maximum atomic E-state index is 12.9. The summed E-state index contributed by atoms with van der Waals surface area (Å²) in [5.41, 5.74) is 1.16. The van der Waals surface area contributed by atoms with Crippen molar-refractivity contribution in [2.75, 3.05) is 18.4 Å². The largest absolute Gasteiger partial charge is 0.322 e. The molecule has 2 rings (SSSR count). The minimum atomic E-state index is -3.68. The fraction of sp³-hybridized carbons (Fsp3) is 0.381. The van der Waals surface area contributed by atoms with Gasteiger partial charge in [0.1, 0.15) is 0 Å². The van der Waals surface area contributed by atoms with Crippen molar-refractivity contribution in [1.82, 2.24) is 9.03 Å². The highest BCUT2D eigenvalue weighted by Crippen LogP contribution is 2.24.